The first-order valence-corrected chi connectivity index (χ1v) is 6.93. The number of benzene rings is 1. The van der Waals surface area contributed by atoms with Crippen LogP contribution in [0.2, 0.25) is 0 Å². The van der Waals surface area contributed by atoms with Gasteiger partial charge in [0.2, 0.25) is 0 Å². The zero-order valence-electron chi connectivity index (χ0n) is 10.6. The van der Waals surface area contributed by atoms with Crippen LogP contribution in [0.4, 0.5) is 4.39 Å². The van der Waals surface area contributed by atoms with Crippen LogP contribution < -0.4 is 11.3 Å². The largest absolute Gasteiger partial charge is 0.271 e. The van der Waals surface area contributed by atoms with Crippen LogP contribution in [-0.2, 0) is 0 Å². The summed E-state index contributed by atoms with van der Waals surface area (Å²) >= 11 is 1.63. The first kappa shape index (κ1) is 14.0. The molecular formula is C14H16FN3S. The Balaban J connectivity index is 2.01. The molecule has 1 aromatic carbocycles. The highest BCUT2D eigenvalue weighted by atomic mass is 32.2. The molecule has 0 aliphatic carbocycles. The molecule has 3 N–H and O–H groups in total. The number of hydrogen-bond donors (Lipinski definition) is 2. The lowest BCUT2D eigenvalue weighted by atomic mass is 10.1. The van der Waals surface area contributed by atoms with Gasteiger partial charge in [0.05, 0.1) is 6.04 Å². The monoisotopic (exact) mass is 277 g/mol. The van der Waals surface area contributed by atoms with Crippen molar-refractivity contribution in [2.75, 3.05) is 5.75 Å². The molecule has 5 heteroatoms. The number of nitrogens with one attached hydrogen (secondary N) is 1. The van der Waals surface area contributed by atoms with E-state index in [-0.39, 0.29) is 11.9 Å². The third-order valence-electron chi connectivity index (χ3n) is 2.73. The van der Waals surface area contributed by atoms with Gasteiger partial charge in [0.1, 0.15) is 5.82 Å². The summed E-state index contributed by atoms with van der Waals surface area (Å²) in [6.07, 6.45) is 3.62. The average molecular weight is 277 g/mol. The number of hydrazine groups is 1. The third-order valence-corrected chi connectivity index (χ3v) is 3.84. The lowest BCUT2D eigenvalue weighted by molar-refractivity contribution is 0.608. The molecule has 0 fully saturated rings. The summed E-state index contributed by atoms with van der Waals surface area (Å²) in [7, 11) is 0. The third kappa shape index (κ3) is 4.02. The second-order valence-corrected chi connectivity index (χ2v) is 5.37. The van der Waals surface area contributed by atoms with Crippen LogP contribution in [0.3, 0.4) is 0 Å². The summed E-state index contributed by atoms with van der Waals surface area (Å²) < 4.78 is 12.8. The van der Waals surface area contributed by atoms with E-state index in [2.05, 4.69) is 16.5 Å². The maximum Gasteiger partial charge on any atom is 0.123 e. The van der Waals surface area contributed by atoms with Gasteiger partial charge < -0.3 is 0 Å². The fourth-order valence-electron chi connectivity index (χ4n) is 1.72. The van der Waals surface area contributed by atoms with E-state index in [1.165, 1.54) is 12.1 Å². The highest BCUT2D eigenvalue weighted by molar-refractivity contribution is 7.99. The quantitative estimate of drug-likeness (QED) is 0.501. The Hall–Kier alpha value is -1.43. The number of aromatic nitrogens is 1. The Morgan fingerprint density at radius 2 is 2.05 bits per heavy atom. The number of pyridine rings is 1. The summed E-state index contributed by atoms with van der Waals surface area (Å²) in [6.45, 7) is 2.00. The van der Waals surface area contributed by atoms with Gasteiger partial charge in [0, 0.05) is 23.0 Å². The van der Waals surface area contributed by atoms with E-state index in [4.69, 9.17) is 5.84 Å². The molecule has 100 valence electrons. The molecule has 1 aromatic heterocycles. The predicted octanol–water partition coefficient (Wildman–Crippen LogP) is 2.83. The maximum atomic E-state index is 12.8. The first-order valence-electron chi connectivity index (χ1n) is 5.95. The van der Waals surface area contributed by atoms with Gasteiger partial charge in [-0.15, -0.1) is 11.8 Å². The minimum atomic E-state index is -0.222. The molecule has 19 heavy (non-hydrogen) atoms. The Bertz CT molecular complexity index is 530. The fourth-order valence-corrected chi connectivity index (χ4v) is 2.70. The predicted molar refractivity (Wildman–Crippen MR) is 76.2 cm³/mol. The van der Waals surface area contributed by atoms with Gasteiger partial charge in [-0.05, 0) is 42.3 Å². The molecule has 2 rings (SSSR count). The van der Waals surface area contributed by atoms with Gasteiger partial charge in [-0.25, -0.2) is 4.39 Å². The summed E-state index contributed by atoms with van der Waals surface area (Å²) in [5.41, 5.74) is 4.95. The smallest absolute Gasteiger partial charge is 0.123 e. The van der Waals surface area contributed by atoms with Crippen LogP contribution in [0.25, 0.3) is 0 Å². The number of nitrogens with two attached hydrogens (primary N) is 1. The van der Waals surface area contributed by atoms with E-state index in [1.54, 1.807) is 23.9 Å². The van der Waals surface area contributed by atoms with E-state index in [9.17, 15) is 4.39 Å². The van der Waals surface area contributed by atoms with Gasteiger partial charge in [0.25, 0.3) is 0 Å². The highest BCUT2D eigenvalue weighted by Gasteiger charge is 2.10. The topological polar surface area (TPSA) is 50.9 Å². The van der Waals surface area contributed by atoms with Crippen LogP contribution >= 0.6 is 11.8 Å². The molecule has 0 aliphatic heterocycles. The number of halogens is 1. The van der Waals surface area contributed by atoms with Crippen LogP contribution in [0.15, 0.2) is 47.6 Å². The van der Waals surface area contributed by atoms with Crippen molar-refractivity contribution >= 4 is 11.8 Å². The molecule has 1 heterocycles. The second-order valence-electron chi connectivity index (χ2n) is 4.28. The summed E-state index contributed by atoms with van der Waals surface area (Å²) in [6, 6.07) is 8.53. The van der Waals surface area contributed by atoms with E-state index in [0.717, 1.165) is 21.8 Å². The molecule has 0 spiro atoms. The van der Waals surface area contributed by atoms with Crippen molar-refractivity contribution in [1.82, 2.24) is 10.4 Å². The molecule has 0 radical (unpaired) electrons. The van der Waals surface area contributed by atoms with E-state index >= 15 is 0 Å². The molecule has 1 unspecified atom stereocenters. The van der Waals surface area contributed by atoms with E-state index in [0.29, 0.717) is 0 Å². The van der Waals surface area contributed by atoms with Crippen LogP contribution in [0, 0.1) is 12.7 Å². The summed E-state index contributed by atoms with van der Waals surface area (Å²) in [5, 5.41) is 0. The molecule has 0 amide bonds. The van der Waals surface area contributed by atoms with E-state index < -0.39 is 0 Å². The number of nitrogens with zero attached hydrogens (tertiary/aromatic N) is 1. The number of thioether (sulfide) groups is 1. The molecule has 1 atom stereocenters. The van der Waals surface area contributed by atoms with Crippen molar-refractivity contribution in [2.45, 2.75) is 17.9 Å². The molecule has 0 bridgehead atoms. The van der Waals surface area contributed by atoms with E-state index in [1.807, 2.05) is 19.3 Å². The van der Waals surface area contributed by atoms with Crippen LogP contribution in [-0.4, -0.2) is 10.7 Å². The van der Waals surface area contributed by atoms with Crippen molar-refractivity contribution in [2.24, 2.45) is 5.84 Å². The van der Waals surface area contributed by atoms with Crippen molar-refractivity contribution in [1.29, 1.82) is 0 Å². The lowest BCUT2D eigenvalue weighted by Crippen LogP contribution is -2.29. The Morgan fingerprint density at radius 1 is 1.32 bits per heavy atom. The fraction of sp³-hybridized carbons (Fsp3) is 0.214. The molecule has 2 aromatic rings. The molecule has 0 saturated carbocycles. The average Bonchev–Trinajstić information content (AvgIpc) is 2.42. The molecular weight excluding hydrogens is 261 g/mol. The molecule has 3 nitrogen and oxygen atoms in total. The summed E-state index contributed by atoms with van der Waals surface area (Å²) in [4.78, 5) is 5.18. The van der Waals surface area contributed by atoms with Crippen molar-refractivity contribution in [3.63, 3.8) is 0 Å². The maximum absolute atomic E-state index is 12.8. The van der Waals surface area contributed by atoms with Gasteiger partial charge in [-0.3, -0.25) is 16.3 Å². The number of rotatable bonds is 5. The van der Waals surface area contributed by atoms with Gasteiger partial charge in [-0.1, -0.05) is 6.07 Å². The number of aryl methyl sites for hydroxylation is 1. The van der Waals surface area contributed by atoms with Crippen LogP contribution in [0.1, 0.15) is 17.2 Å². The Kier molecular flexibility index (Phi) is 4.90. The Labute approximate surface area is 116 Å². The van der Waals surface area contributed by atoms with Crippen molar-refractivity contribution in [3.05, 3.63) is 59.7 Å². The lowest BCUT2D eigenvalue weighted by Gasteiger charge is -2.16. The number of hydrogen-bond acceptors (Lipinski definition) is 4. The van der Waals surface area contributed by atoms with Gasteiger partial charge in [-0.2, -0.15) is 0 Å². The second kappa shape index (κ2) is 6.65. The van der Waals surface area contributed by atoms with Gasteiger partial charge >= 0.3 is 0 Å². The van der Waals surface area contributed by atoms with Crippen molar-refractivity contribution < 1.29 is 4.39 Å². The van der Waals surface area contributed by atoms with Gasteiger partial charge in [0.15, 0.2) is 0 Å². The molecule has 0 aliphatic rings. The SMILES string of the molecule is Cc1cncc(C(CSc2ccc(F)cc2)NN)c1. The first-order chi connectivity index (χ1) is 9.19. The zero-order chi connectivity index (χ0) is 13.7. The van der Waals surface area contributed by atoms with Crippen molar-refractivity contribution in [3.8, 4) is 0 Å². The zero-order valence-corrected chi connectivity index (χ0v) is 11.5. The Morgan fingerprint density at radius 3 is 2.68 bits per heavy atom. The highest BCUT2D eigenvalue weighted by Crippen LogP contribution is 2.24. The summed E-state index contributed by atoms with van der Waals surface area (Å²) in [5.74, 6) is 6.13. The molecule has 0 saturated heterocycles. The minimum Gasteiger partial charge on any atom is -0.271 e. The normalized spacial score (nSPS) is 12.4. The minimum absolute atomic E-state index is 0.0162. The standard InChI is InChI=1S/C14H16FN3S/c1-10-6-11(8-17-7-10)14(18-16)9-19-13-4-2-12(15)3-5-13/h2-8,14,18H,9,16H2,1H3. The van der Waals surface area contributed by atoms with Crippen LogP contribution in [0.5, 0.6) is 0 Å².